The molecule has 0 aromatic carbocycles. The van der Waals surface area contributed by atoms with E-state index in [-0.39, 0.29) is 5.79 Å². The fraction of sp³-hybridized carbons (Fsp3) is 1.00. The lowest BCUT2D eigenvalue weighted by atomic mass is 10.1. The van der Waals surface area contributed by atoms with Gasteiger partial charge in [-0.2, -0.15) is 0 Å². The Bertz CT molecular complexity index is 118. The molecule has 0 aromatic heterocycles. The van der Waals surface area contributed by atoms with Crippen molar-refractivity contribution in [2.45, 2.75) is 44.3 Å². The third kappa shape index (κ3) is 1.57. The predicted molar refractivity (Wildman–Crippen MR) is 42.3 cm³/mol. The highest BCUT2D eigenvalue weighted by atomic mass is 16.7. The Morgan fingerprint density at radius 2 is 1.27 bits per heavy atom. The summed E-state index contributed by atoms with van der Waals surface area (Å²) in [5, 5.41) is 0. The average Bonchev–Trinajstić information content (AvgIpc) is 2.32. The molecule has 2 aliphatic rings. The highest BCUT2D eigenvalue weighted by molar-refractivity contribution is 4.76. The molecule has 1 aliphatic heterocycles. The van der Waals surface area contributed by atoms with Crippen molar-refractivity contribution in [1.29, 1.82) is 0 Å². The van der Waals surface area contributed by atoms with Gasteiger partial charge in [-0.15, -0.1) is 0 Å². The molecule has 1 saturated heterocycles. The van der Waals surface area contributed by atoms with Crippen molar-refractivity contribution in [3.63, 3.8) is 0 Å². The largest absolute Gasteiger partial charge is 0.348 e. The molecule has 2 rings (SSSR count). The number of hydrogen-bond acceptors (Lipinski definition) is 2. The summed E-state index contributed by atoms with van der Waals surface area (Å²) in [6.07, 6.45) is 7.50. The van der Waals surface area contributed by atoms with E-state index in [0.29, 0.717) is 0 Å². The van der Waals surface area contributed by atoms with E-state index in [4.69, 9.17) is 9.47 Å². The van der Waals surface area contributed by atoms with Gasteiger partial charge in [0.25, 0.3) is 0 Å². The number of ether oxygens (including phenoxy) is 2. The molecular weight excluding hydrogens is 140 g/mol. The summed E-state index contributed by atoms with van der Waals surface area (Å²) in [5.41, 5.74) is 0. The Morgan fingerprint density at radius 3 is 1.82 bits per heavy atom. The van der Waals surface area contributed by atoms with Gasteiger partial charge in [-0.1, -0.05) is 12.8 Å². The zero-order chi connectivity index (χ0) is 7.57. The Labute approximate surface area is 67.9 Å². The van der Waals surface area contributed by atoms with Crippen LogP contribution in [0.3, 0.4) is 0 Å². The van der Waals surface area contributed by atoms with Crippen LogP contribution in [0.2, 0.25) is 0 Å². The van der Waals surface area contributed by atoms with E-state index in [2.05, 4.69) is 0 Å². The molecule has 0 radical (unpaired) electrons. The zero-order valence-corrected chi connectivity index (χ0v) is 6.97. The second-order valence-corrected chi connectivity index (χ2v) is 3.52. The lowest BCUT2D eigenvalue weighted by molar-refractivity contribution is -0.165. The Morgan fingerprint density at radius 1 is 0.727 bits per heavy atom. The van der Waals surface area contributed by atoms with Crippen molar-refractivity contribution in [3.8, 4) is 0 Å². The second kappa shape index (κ2) is 3.11. The molecular formula is C9H16O2. The maximum absolute atomic E-state index is 5.64. The van der Waals surface area contributed by atoms with Crippen LogP contribution in [0, 0.1) is 0 Å². The van der Waals surface area contributed by atoms with E-state index < -0.39 is 0 Å². The first-order valence-corrected chi connectivity index (χ1v) is 4.69. The average molecular weight is 156 g/mol. The molecule has 0 amide bonds. The quantitative estimate of drug-likeness (QED) is 0.534. The molecule has 0 unspecified atom stereocenters. The maximum atomic E-state index is 5.64. The van der Waals surface area contributed by atoms with E-state index in [1.807, 2.05) is 0 Å². The third-order valence-corrected chi connectivity index (χ3v) is 2.68. The van der Waals surface area contributed by atoms with Crippen LogP contribution in [0.15, 0.2) is 0 Å². The standard InChI is InChI=1S/C9H16O2/c1-2-4-6-9(5-3-1)10-7-8-11-9/h1-8H2. The van der Waals surface area contributed by atoms with Gasteiger partial charge in [0, 0.05) is 12.8 Å². The van der Waals surface area contributed by atoms with Gasteiger partial charge in [0.2, 0.25) is 0 Å². The van der Waals surface area contributed by atoms with Crippen molar-refractivity contribution < 1.29 is 9.47 Å². The van der Waals surface area contributed by atoms with Gasteiger partial charge in [0.05, 0.1) is 13.2 Å². The highest BCUT2D eigenvalue weighted by Crippen LogP contribution is 2.34. The Hall–Kier alpha value is -0.0800. The predicted octanol–water partition coefficient (Wildman–Crippen LogP) is 2.08. The minimum atomic E-state index is -0.142. The molecule has 0 aromatic rings. The van der Waals surface area contributed by atoms with Crippen LogP contribution in [0.25, 0.3) is 0 Å². The summed E-state index contributed by atoms with van der Waals surface area (Å²) in [6.45, 7) is 1.61. The summed E-state index contributed by atoms with van der Waals surface area (Å²) in [6, 6.07) is 0. The van der Waals surface area contributed by atoms with Crippen LogP contribution in [-0.4, -0.2) is 19.0 Å². The normalized spacial score (nSPS) is 30.5. The fourth-order valence-electron chi connectivity index (χ4n) is 2.05. The Balaban J connectivity index is 1.97. The molecule has 1 aliphatic carbocycles. The first kappa shape index (κ1) is 7.56. The first-order chi connectivity index (χ1) is 5.41. The van der Waals surface area contributed by atoms with Crippen molar-refractivity contribution in [3.05, 3.63) is 0 Å². The van der Waals surface area contributed by atoms with Crippen molar-refractivity contribution >= 4 is 0 Å². The molecule has 1 spiro atoms. The third-order valence-electron chi connectivity index (χ3n) is 2.68. The van der Waals surface area contributed by atoms with Crippen LogP contribution in [0.1, 0.15) is 38.5 Å². The van der Waals surface area contributed by atoms with Crippen LogP contribution in [-0.2, 0) is 9.47 Å². The van der Waals surface area contributed by atoms with E-state index in [0.717, 1.165) is 26.1 Å². The maximum Gasteiger partial charge on any atom is 0.168 e. The van der Waals surface area contributed by atoms with Crippen LogP contribution < -0.4 is 0 Å². The summed E-state index contributed by atoms with van der Waals surface area (Å²) in [7, 11) is 0. The smallest absolute Gasteiger partial charge is 0.168 e. The van der Waals surface area contributed by atoms with Gasteiger partial charge in [-0.3, -0.25) is 0 Å². The number of rotatable bonds is 0. The van der Waals surface area contributed by atoms with E-state index in [1.165, 1.54) is 25.7 Å². The Kier molecular flexibility index (Phi) is 2.14. The molecule has 2 heteroatoms. The van der Waals surface area contributed by atoms with Crippen molar-refractivity contribution in [2.75, 3.05) is 13.2 Å². The summed E-state index contributed by atoms with van der Waals surface area (Å²) < 4.78 is 11.3. The highest BCUT2D eigenvalue weighted by Gasteiger charge is 2.36. The zero-order valence-electron chi connectivity index (χ0n) is 6.97. The molecule has 0 atom stereocenters. The van der Waals surface area contributed by atoms with Gasteiger partial charge < -0.3 is 9.47 Å². The van der Waals surface area contributed by atoms with Crippen LogP contribution in [0.5, 0.6) is 0 Å². The summed E-state index contributed by atoms with van der Waals surface area (Å²) in [4.78, 5) is 0. The lowest BCUT2D eigenvalue weighted by Gasteiger charge is -2.25. The summed E-state index contributed by atoms with van der Waals surface area (Å²) >= 11 is 0. The molecule has 2 nitrogen and oxygen atoms in total. The minimum Gasteiger partial charge on any atom is -0.348 e. The summed E-state index contributed by atoms with van der Waals surface area (Å²) in [5.74, 6) is -0.142. The SMILES string of the molecule is C1CCCC2(CC1)OCCO2. The van der Waals surface area contributed by atoms with Gasteiger partial charge in [0.1, 0.15) is 0 Å². The molecule has 2 fully saturated rings. The van der Waals surface area contributed by atoms with Gasteiger partial charge in [-0.25, -0.2) is 0 Å². The molecule has 11 heavy (non-hydrogen) atoms. The molecule has 0 bridgehead atoms. The van der Waals surface area contributed by atoms with E-state index >= 15 is 0 Å². The lowest BCUT2D eigenvalue weighted by Crippen LogP contribution is -2.28. The second-order valence-electron chi connectivity index (χ2n) is 3.52. The van der Waals surface area contributed by atoms with E-state index in [1.54, 1.807) is 0 Å². The fourth-order valence-corrected chi connectivity index (χ4v) is 2.05. The van der Waals surface area contributed by atoms with Gasteiger partial charge in [-0.05, 0) is 12.8 Å². The molecule has 0 N–H and O–H groups in total. The number of hydrogen-bond donors (Lipinski definition) is 0. The minimum absolute atomic E-state index is 0.142. The van der Waals surface area contributed by atoms with E-state index in [9.17, 15) is 0 Å². The monoisotopic (exact) mass is 156 g/mol. The van der Waals surface area contributed by atoms with Crippen molar-refractivity contribution in [1.82, 2.24) is 0 Å². The molecule has 1 heterocycles. The van der Waals surface area contributed by atoms with Crippen LogP contribution in [0.4, 0.5) is 0 Å². The molecule has 1 saturated carbocycles. The van der Waals surface area contributed by atoms with Crippen molar-refractivity contribution in [2.24, 2.45) is 0 Å². The first-order valence-electron chi connectivity index (χ1n) is 4.69. The van der Waals surface area contributed by atoms with Gasteiger partial charge in [0.15, 0.2) is 5.79 Å². The topological polar surface area (TPSA) is 18.5 Å². The van der Waals surface area contributed by atoms with Gasteiger partial charge >= 0.3 is 0 Å². The van der Waals surface area contributed by atoms with Crippen LogP contribution >= 0.6 is 0 Å². The molecule has 64 valence electrons.